The molecule has 0 bridgehead atoms. The second-order valence-electron chi connectivity index (χ2n) is 5.49. The van der Waals surface area contributed by atoms with E-state index in [2.05, 4.69) is 20.8 Å². The van der Waals surface area contributed by atoms with Gasteiger partial charge in [0.05, 0.1) is 11.3 Å². The average molecular weight is 370 g/mol. The summed E-state index contributed by atoms with van der Waals surface area (Å²) < 4.78 is 18.6. The molecular formula is C17H11FN4O3S. The Labute approximate surface area is 151 Å². The van der Waals surface area contributed by atoms with E-state index < -0.39 is 17.6 Å². The summed E-state index contributed by atoms with van der Waals surface area (Å²) in [7, 11) is 0. The number of hydrogen-bond acceptors (Lipinski definition) is 6. The zero-order chi connectivity index (χ0) is 18.3. The van der Waals surface area contributed by atoms with E-state index in [9.17, 15) is 14.0 Å². The molecule has 0 saturated heterocycles. The molecule has 2 heterocycles. The summed E-state index contributed by atoms with van der Waals surface area (Å²) in [6.45, 7) is 1.61. The summed E-state index contributed by atoms with van der Waals surface area (Å²) in [5, 5.41) is 12.5. The topological polar surface area (TPSA) is 97.1 Å². The third-order valence-electron chi connectivity index (χ3n) is 3.64. The quantitative estimate of drug-likeness (QED) is 0.717. The van der Waals surface area contributed by atoms with Crippen LogP contribution < -0.4 is 10.6 Å². The van der Waals surface area contributed by atoms with Gasteiger partial charge in [-0.1, -0.05) is 16.9 Å². The zero-order valence-electron chi connectivity index (χ0n) is 13.4. The fourth-order valence-corrected chi connectivity index (χ4v) is 3.44. The third-order valence-corrected chi connectivity index (χ3v) is 4.79. The molecule has 7 nitrogen and oxygen atoms in total. The number of nitrogens with one attached hydrogen (secondary N) is 2. The molecule has 2 amide bonds. The lowest BCUT2D eigenvalue weighted by atomic mass is 10.1. The van der Waals surface area contributed by atoms with Crippen LogP contribution in [0.25, 0.3) is 0 Å². The molecule has 0 aliphatic carbocycles. The van der Waals surface area contributed by atoms with E-state index in [0.29, 0.717) is 22.0 Å². The summed E-state index contributed by atoms with van der Waals surface area (Å²) in [6.07, 6.45) is 0. The molecule has 130 valence electrons. The van der Waals surface area contributed by atoms with Crippen LogP contribution in [0.2, 0.25) is 0 Å². The van der Waals surface area contributed by atoms with Crippen LogP contribution >= 0.6 is 11.8 Å². The fraction of sp³-hybridized carbons (Fsp3) is 0.0588. The molecule has 3 aromatic rings. The molecule has 1 aromatic heterocycles. The Kier molecular flexibility index (Phi) is 3.92. The summed E-state index contributed by atoms with van der Waals surface area (Å²) in [6, 6.07) is 8.91. The van der Waals surface area contributed by atoms with Crippen molar-refractivity contribution in [3.05, 3.63) is 59.2 Å². The van der Waals surface area contributed by atoms with Gasteiger partial charge in [0, 0.05) is 22.3 Å². The highest BCUT2D eigenvalue weighted by Gasteiger charge is 2.22. The monoisotopic (exact) mass is 370 g/mol. The lowest BCUT2D eigenvalue weighted by Gasteiger charge is -2.08. The van der Waals surface area contributed by atoms with Gasteiger partial charge in [0.15, 0.2) is 0 Å². The zero-order valence-corrected chi connectivity index (χ0v) is 14.2. The number of aryl methyl sites for hydroxylation is 1. The predicted molar refractivity (Wildman–Crippen MR) is 91.9 cm³/mol. The van der Waals surface area contributed by atoms with Gasteiger partial charge in [0.2, 0.25) is 5.89 Å². The SMILES string of the molecule is Cc1nnc(NC(=O)c2ccc3c(c2)NC(=O)c2cc(F)ccc2S3)o1. The molecule has 9 heteroatoms. The highest BCUT2D eigenvalue weighted by Crippen LogP contribution is 2.39. The summed E-state index contributed by atoms with van der Waals surface area (Å²) in [4.78, 5) is 26.1. The number of benzene rings is 2. The van der Waals surface area contributed by atoms with Crippen molar-refractivity contribution in [3.63, 3.8) is 0 Å². The Hall–Kier alpha value is -3.20. The summed E-state index contributed by atoms with van der Waals surface area (Å²) in [5.74, 6) is -1.05. The maximum Gasteiger partial charge on any atom is 0.322 e. The van der Waals surface area contributed by atoms with Gasteiger partial charge in [0.25, 0.3) is 11.8 Å². The van der Waals surface area contributed by atoms with E-state index in [1.807, 2.05) is 0 Å². The molecule has 4 rings (SSSR count). The summed E-state index contributed by atoms with van der Waals surface area (Å²) >= 11 is 1.32. The molecule has 0 unspecified atom stereocenters. The van der Waals surface area contributed by atoms with Gasteiger partial charge >= 0.3 is 6.01 Å². The van der Waals surface area contributed by atoms with E-state index >= 15 is 0 Å². The molecule has 0 fully saturated rings. The standard InChI is InChI=1S/C17H11FN4O3S/c1-8-21-22-17(25-8)20-15(23)9-2-4-14-12(6-9)19-16(24)11-7-10(18)3-5-13(11)26-14/h2-7H,1H3,(H,19,24)(H,20,22,23). The Morgan fingerprint density at radius 2 is 2.00 bits per heavy atom. The minimum absolute atomic E-state index is 0.0104. The van der Waals surface area contributed by atoms with Crippen molar-refractivity contribution < 1.29 is 18.4 Å². The van der Waals surface area contributed by atoms with E-state index in [0.717, 1.165) is 4.90 Å². The molecule has 0 atom stereocenters. The van der Waals surface area contributed by atoms with Crippen LogP contribution in [-0.4, -0.2) is 22.0 Å². The first-order valence-electron chi connectivity index (χ1n) is 7.54. The van der Waals surface area contributed by atoms with Crippen LogP contribution in [0.5, 0.6) is 0 Å². The van der Waals surface area contributed by atoms with Crippen molar-refractivity contribution in [2.45, 2.75) is 16.7 Å². The lowest BCUT2D eigenvalue weighted by Crippen LogP contribution is -2.15. The van der Waals surface area contributed by atoms with Crippen LogP contribution in [0.15, 0.2) is 50.6 Å². The smallest absolute Gasteiger partial charge is 0.322 e. The van der Waals surface area contributed by atoms with Crippen LogP contribution in [0.1, 0.15) is 26.6 Å². The van der Waals surface area contributed by atoms with Crippen LogP contribution in [-0.2, 0) is 0 Å². The molecule has 1 aliphatic heterocycles. The first-order chi connectivity index (χ1) is 12.5. The van der Waals surface area contributed by atoms with Gasteiger partial charge in [0.1, 0.15) is 5.82 Å². The molecule has 0 spiro atoms. The van der Waals surface area contributed by atoms with Crippen LogP contribution in [0, 0.1) is 12.7 Å². The van der Waals surface area contributed by atoms with Gasteiger partial charge < -0.3 is 9.73 Å². The minimum Gasteiger partial charge on any atom is -0.408 e. The number of hydrogen-bond donors (Lipinski definition) is 2. The van der Waals surface area contributed by atoms with Crippen molar-refractivity contribution >= 4 is 35.3 Å². The number of nitrogens with zero attached hydrogens (tertiary/aromatic N) is 2. The molecule has 0 radical (unpaired) electrons. The lowest BCUT2D eigenvalue weighted by molar-refractivity contribution is 0.101. The Balaban J connectivity index is 1.64. The van der Waals surface area contributed by atoms with Gasteiger partial charge in [-0.15, -0.1) is 5.10 Å². The Morgan fingerprint density at radius 1 is 1.19 bits per heavy atom. The van der Waals surface area contributed by atoms with Crippen molar-refractivity contribution in [1.82, 2.24) is 10.2 Å². The average Bonchev–Trinajstić information content (AvgIpc) is 2.96. The van der Waals surface area contributed by atoms with Gasteiger partial charge in [-0.2, -0.15) is 0 Å². The first kappa shape index (κ1) is 16.3. The van der Waals surface area contributed by atoms with Crippen molar-refractivity contribution in [1.29, 1.82) is 0 Å². The number of aromatic nitrogens is 2. The molecule has 2 N–H and O–H groups in total. The summed E-state index contributed by atoms with van der Waals surface area (Å²) in [5.41, 5.74) is 1.02. The number of halogens is 1. The first-order valence-corrected chi connectivity index (χ1v) is 8.35. The fourth-order valence-electron chi connectivity index (χ4n) is 2.45. The van der Waals surface area contributed by atoms with E-state index in [1.165, 1.54) is 23.9 Å². The number of rotatable bonds is 2. The van der Waals surface area contributed by atoms with Crippen molar-refractivity contribution in [3.8, 4) is 0 Å². The molecule has 0 saturated carbocycles. The molecule has 26 heavy (non-hydrogen) atoms. The molecule has 1 aliphatic rings. The number of fused-ring (bicyclic) bond motifs is 2. The largest absolute Gasteiger partial charge is 0.408 e. The minimum atomic E-state index is -0.486. The third kappa shape index (κ3) is 3.04. The van der Waals surface area contributed by atoms with Gasteiger partial charge in [-0.05, 0) is 36.4 Å². The van der Waals surface area contributed by atoms with E-state index in [4.69, 9.17) is 4.42 Å². The molecule has 2 aromatic carbocycles. The number of carbonyl (C=O) groups is 2. The number of amides is 2. The van der Waals surface area contributed by atoms with Crippen molar-refractivity contribution in [2.75, 3.05) is 10.6 Å². The van der Waals surface area contributed by atoms with Gasteiger partial charge in [-0.3, -0.25) is 14.9 Å². The van der Waals surface area contributed by atoms with Gasteiger partial charge in [-0.25, -0.2) is 4.39 Å². The van der Waals surface area contributed by atoms with Crippen LogP contribution in [0.4, 0.5) is 16.1 Å². The number of anilines is 2. The highest BCUT2D eigenvalue weighted by molar-refractivity contribution is 7.99. The van der Waals surface area contributed by atoms with E-state index in [-0.39, 0.29) is 11.6 Å². The maximum atomic E-state index is 13.4. The molecular weight excluding hydrogens is 359 g/mol. The van der Waals surface area contributed by atoms with Crippen LogP contribution in [0.3, 0.4) is 0 Å². The number of carbonyl (C=O) groups excluding carboxylic acids is 2. The Morgan fingerprint density at radius 3 is 2.77 bits per heavy atom. The Bertz CT molecular complexity index is 1050. The second-order valence-corrected chi connectivity index (χ2v) is 6.57. The maximum absolute atomic E-state index is 13.4. The highest BCUT2D eigenvalue weighted by atomic mass is 32.2. The second kappa shape index (κ2) is 6.26. The normalized spacial score (nSPS) is 12.6. The predicted octanol–water partition coefficient (Wildman–Crippen LogP) is 3.49. The van der Waals surface area contributed by atoms with Crippen molar-refractivity contribution in [2.24, 2.45) is 0 Å². The van der Waals surface area contributed by atoms with E-state index in [1.54, 1.807) is 31.2 Å².